The lowest BCUT2D eigenvalue weighted by molar-refractivity contribution is -0.139. The average molecular weight is 280 g/mol. The SMILES string of the molecule is NC(CCC(=O)N1CCC(c2ncc[nH]2)CC1)C(=O)O. The van der Waals surface area contributed by atoms with Crippen LogP contribution in [0.1, 0.15) is 37.4 Å². The first kappa shape index (κ1) is 14.5. The third-order valence-corrected chi connectivity index (χ3v) is 3.74. The van der Waals surface area contributed by atoms with Crippen LogP contribution >= 0.6 is 0 Å². The Labute approximate surface area is 117 Å². The number of nitrogens with one attached hydrogen (secondary N) is 1. The third kappa shape index (κ3) is 3.57. The first-order valence-corrected chi connectivity index (χ1v) is 6.83. The van der Waals surface area contributed by atoms with Gasteiger partial charge in [-0.3, -0.25) is 9.59 Å². The number of aliphatic carboxylic acids is 1. The van der Waals surface area contributed by atoms with Gasteiger partial charge in [-0.25, -0.2) is 4.98 Å². The van der Waals surface area contributed by atoms with Gasteiger partial charge in [0.1, 0.15) is 11.9 Å². The van der Waals surface area contributed by atoms with Gasteiger partial charge in [0.2, 0.25) is 5.91 Å². The number of likely N-dealkylation sites (tertiary alicyclic amines) is 1. The Morgan fingerprint density at radius 2 is 2.20 bits per heavy atom. The standard InChI is InChI=1S/C13H20N4O3/c14-10(13(19)20)1-2-11(18)17-7-3-9(4-8-17)12-15-5-6-16-12/h5-6,9-10H,1-4,7-8,14H2,(H,15,16)(H,19,20). The number of piperidine rings is 1. The summed E-state index contributed by atoms with van der Waals surface area (Å²) in [7, 11) is 0. The molecule has 1 amide bonds. The minimum absolute atomic E-state index is 0.0143. The molecule has 1 fully saturated rings. The second-order valence-corrected chi connectivity index (χ2v) is 5.11. The lowest BCUT2D eigenvalue weighted by atomic mass is 9.96. The second-order valence-electron chi connectivity index (χ2n) is 5.11. The second kappa shape index (κ2) is 6.51. The molecule has 0 saturated carbocycles. The van der Waals surface area contributed by atoms with Crippen LogP contribution in [-0.2, 0) is 9.59 Å². The molecule has 4 N–H and O–H groups in total. The Kier molecular flexibility index (Phi) is 4.73. The van der Waals surface area contributed by atoms with Gasteiger partial charge in [-0.2, -0.15) is 0 Å². The number of rotatable bonds is 5. The number of carboxylic acid groups (broad SMARTS) is 1. The van der Waals surface area contributed by atoms with Crippen LogP contribution in [0.2, 0.25) is 0 Å². The zero-order valence-electron chi connectivity index (χ0n) is 11.3. The van der Waals surface area contributed by atoms with Crippen molar-refractivity contribution in [3.05, 3.63) is 18.2 Å². The fourth-order valence-corrected chi connectivity index (χ4v) is 2.46. The van der Waals surface area contributed by atoms with Crippen LogP contribution in [0.5, 0.6) is 0 Å². The van der Waals surface area contributed by atoms with Crippen molar-refractivity contribution in [2.45, 2.75) is 37.6 Å². The van der Waals surface area contributed by atoms with E-state index in [-0.39, 0.29) is 18.7 Å². The van der Waals surface area contributed by atoms with Crippen LogP contribution in [0.15, 0.2) is 12.4 Å². The normalized spacial score (nSPS) is 17.9. The third-order valence-electron chi connectivity index (χ3n) is 3.74. The predicted molar refractivity (Wildman–Crippen MR) is 72.0 cm³/mol. The fraction of sp³-hybridized carbons (Fsp3) is 0.615. The monoisotopic (exact) mass is 280 g/mol. The van der Waals surface area contributed by atoms with Crippen molar-refractivity contribution in [1.82, 2.24) is 14.9 Å². The lowest BCUT2D eigenvalue weighted by Crippen LogP contribution is -2.39. The minimum Gasteiger partial charge on any atom is -0.480 e. The molecule has 2 rings (SSSR count). The predicted octanol–water partition coefficient (Wildman–Crippen LogP) is 0.308. The molecule has 1 aromatic rings. The smallest absolute Gasteiger partial charge is 0.320 e. The summed E-state index contributed by atoms with van der Waals surface area (Å²) in [4.78, 5) is 31.7. The highest BCUT2D eigenvalue weighted by atomic mass is 16.4. The summed E-state index contributed by atoms with van der Waals surface area (Å²) in [5.74, 6) is 0.272. The molecule has 0 radical (unpaired) electrons. The van der Waals surface area contributed by atoms with Crippen molar-refractivity contribution in [2.24, 2.45) is 5.73 Å². The van der Waals surface area contributed by atoms with E-state index in [0.717, 1.165) is 18.7 Å². The summed E-state index contributed by atoms with van der Waals surface area (Å²) in [6.07, 6.45) is 5.68. The quantitative estimate of drug-likeness (QED) is 0.718. The van der Waals surface area contributed by atoms with Crippen LogP contribution in [-0.4, -0.2) is 51.0 Å². The Hall–Kier alpha value is -1.89. The van der Waals surface area contributed by atoms with Gasteiger partial charge in [0.25, 0.3) is 0 Å². The summed E-state index contributed by atoms with van der Waals surface area (Å²) in [5, 5.41) is 8.69. The molecule has 0 spiro atoms. The number of carboxylic acids is 1. The molecule has 1 unspecified atom stereocenters. The van der Waals surface area contributed by atoms with E-state index in [1.54, 1.807) is 17.3 Å². The van der Waals surface area contributed by atoms with Crippen molar-refractivity contribution in [3.63, 3.8) is 0 Å². The zero-order chi connectivity index (χ0) is 14.5. The van der Waals surface area contributed by atoms with Crippen molar-refractivity contribution < 1.29 is 14.7 Å². The topological polar surface area (TPSA) is 112 Å². The summed E-state index contributed by atoms with van der Waals surface area (Å²) in [6, 6.07) is -0.959. The molecule has 110 valence electrons. The highest BCUT2D eigenvalue weighted by Crippen LogP contribution is 2.25. The fourth-order valence-electron chi connectivity index (χ4n) is 2.46. The van der Waals surface area contributed by atoms with E-state index in [1.165, 1.54) is 0 Å². The van der Waals surface area contributed by atoms with Crippen LogP contribution in [0.4, 0.5) is 0 Å². The number of amides is 1. The van der Waals surface area contributed by atoms with E-state index in [9.17, 15) is 9.59 Å². The van der Waals surface area contributed by atoms with Gasteiger partial charge in [0.15, 0.2) is 0 Å². The molecule has 1 saturated heterocycles. The van der Waals surface area contributed by atoms with Crippen LogP contribution in [0.25, 0.3) is 0 Å². The van der Waals surface area contributed by atoms with Gasteiger partial charge in [0, 0.05) is 37.8 Å². The molecule has 1 aliphatic heterocycles. The largest absolute Gasteiger partial charge is 0.480 e. The zero-order valence-corrected chi connectivity index (χ0v) is 11.3. The van der Waals surface area contributed by atoms with Crippen LogP contribution in [0, 0.1) is 0 Å². The number of imidazole rings is 1. The molecule has 0 aliphatic carbocycles. The number of hydrogen-bond donors (Lipinski definition) is 3. The van der Waals surface area contributed by atoms with E-state index in [2.05, 4.69) is 9.97 Å². The van der Waals surface area contributed by atoms with Crippen molar-refractivity contribution in [2.75, 3.05) is 13.1 Å². The maximum absolute atomic E-state index is 12.0. The van der Waals surface area contributed by atoms with Gasteiger partial charge in [-0.1, -0.05) is 0 Å². The Balaban J connectivity index is 1.76. The van der Waals surface area contributed by atoms with E-state index < -0.39 is 12.0 Å². The average Bonchev–Trinajstić information content (AvgIpc) is 2.98. The molecule has 7 nitrogen and oxygen atoms in total. The highest BCUT2D eigenvalue weighted by molar-refractivity contribution is 5.78. The molecular formula is C13H20N4O3. The molecular weight excluding hydrogens is 260 g/mol. The minimum atomic E-state index is -1.06. The molecule has 2 heterocycles. The maximum Gasteiger partial charge on any atom is 0.320 e. The number of aromatic nitrogens is 2. The van der Waals surface area contributed by atoms with Gasteiger partial charge < -0.3 is 20.7 Å². The number of aromatic amines is 1. The number of nitrogens with two attached hydrogens (primary N) is 1. The van der Waals surface area contributed by atoms with Crippen molar-refractivity contribution >= 4 is 11.9 Å². The molecule has 0 bridgehead atoms. The summed E-state index contributed by atoms with van der Waals surface area (Å²) in [6.45, 7) is 1.37. The molecule has 1 aromatic heterocycles. The van der Waals surface area contributed by atoms with E-state index in [4.69, 9.17) is 10.8 Å². The summed E-state index contributed by atoms with van der Waals surface area (Å²) < 4.78 is 0. The Morgan fingerprint density at radius 1 is 1.50 bits per heavy atom. The molecule has 1 atom stereocenters. The van der Waals surface area contributed by atoms with Crippen molar-refractivity contribution in [1.29, 1.82) is 0 Å². The van der Waals surface area contributed by atoms with Gasteiger partial charge >= 0.3 is 5.97 Å². The molecule has 20 heavy (non-hydrogen) atoms. The van der Waals surface area contributed by atoms with E-state index >= 15 is 0 Å². The molecule has 7 heteroatoms. The number of nitrogens with zero attached hydrogens (tertiary/aromatic N) is 2. The van der Waals surface area contributed by atoms with Gasteiger partial charge in [-0.15, -0.1) is 0 Å². The highest BCUT2D eigenvalue weighted by Gasteiger charge is 2.25. The Morgan fingerprint density at radius 3 is 2.75 bits per heavy atom. The van der Waals surface area contributed by atoms with E-state index in [0.29, 0.717) is 19.0 Å². The summed E-state index contributed by atoms with van der Waals surface area (Å²) in [5.41, 5.74) is 5.40. The maximum atomic E-state index is 12.0. The van der Waals surface area contributed by atoms with E-state index in [1.807, 2.05) is 0 Å². The van der Waals surface area contributed by atoms with Gasteiger partial charge in [0.05, 0.1) is 0 Å². The first-order valence-electron chi connectivity index (χ1n) is 6.83. The first-order chi connectivity index (χ1) is 9.58. The van der Waals surface area contributed by atoms with Crippen LogP contribution in [0.3, 0.4) is 0 Å². The number of H-pyrrole nitrogens is 1. The van der Waals surface area contributed by atoms with Crippen molar-refractivity contribution in [3.8, 4) is 0 Å². The Bertz CT molecular complexity index is 452. The number of carbonyl (C=O) groups excluding carboxylic acids is 1. The number of hydrogen-bond acceptors (Lipinski definition) is 4. The lowest BCUT2D eigenvalue weighted by Gasteiger charge is -2.31. The van der Waals surface area contributed by atoms with Crippen LogP contribution < -0.4 is 5.73 Å². The van der Waals surface area contributed by atoms with Gasteiger partial charge in [-0.05, 0) is 19.3 Å². The summed E-state index contributed by atoms with van der Waals surface area (Å²) >= 11 is 0. The molecule has 0 aromatic carbocycles. The molecule has 1 aliphatic rings. The number of carbonyl (C=O) groups is 2.